The molecule has 22 heavy (non-hydrogen) atoms. The van der Waals surface area contributed by atoms with Crippen LogP contribution < -0.4 is 4.74 Å². The summed E-state index contributed by atoms with van der Waals surface area (Å²) in [6, 6.07) is 16.2. The first-order valence-corrected chi connectivity index (χ1v) is 8.35. The molecule has 114 valence electrons. The van der Waals surface area contributed by atoms with Gasteiger partial charge in [0.2, 0.25) is 0 Å². The van der Waals surface area contributed by atoms with Crippen molar-refractivity contribution in [3.8, 4) is 11.5 Å². The molecule has 0 saturated heterocycles. The molecule has 2 aromatic rings. The van der Waals surface area contributed by atoms with Crippen LogP contribution in [0.5, 0.6) is 11.5 Å². The minimum atomic E-state index is 0.330. The van der Waals surface area contributed by atoms with E-state index in [-0.39, 0.29) is 0 Å². The van der Waals surface area contributed by atoms with Crippen LogP contribution in [0.25, 0.3) is 0 Å². The molecule has 3 atom stereocenters. The second kappa shape index (κ2) is 5.68. The highest BCUT2D eigenvalue weighted by molar-refractivity contribution is 5.36. The Morgan fingerprint density at radius 2 is 1.73 bits per heavy atom. The molecule has 0 amide bonds. The van der Waals surface area contributed by atoms with Crippen molar-refractivity contribution in [1.82, 2.24) is 0 Å². The summed E-state index contributed by atoms with van der Waals surface area (Å²) in [5.74, 6) is 2.59. The highest BCUT2D eigenvalue weighted by Gasteiger charge is 2.37. The lowest BCUT2D eigenvalue weighted by Gasteiger charge is -2.33. The monoisotopic (exact) mass is 294 g/mol. The molecule has 2 unspecified atom stereocenters. The zero-order chi connectivity index (χ0) is 14.9. The first-order chi connectivity index (χ1) is 10.8. The third kappa shape index (κ3) is 2.47. The molecule has 0 bridgehead atoms. The van der Waals surface area contributed by atoms with E-state index >= 15 is 0 Å². The molecule has 1 aliphatic carbocycles. The first kappa shape index (κ1) is 13.7. The SMILES string of the molecule is Oc1ccc(C2CCCC2[C@@H]2CCc3ccccc3O2)cc1. The highest BCUT2D eigenvalue weighted by atomic mass is 16.5. The summed E-state index contributed by atoms with van der Waals surface area (Å²) in [4.78, 5) is 0. The summed E-state index contributed by atoms with van der Waals surface area (Å²) in [6.45, 7) is 0. The fourth-order valence-corrected chi connectivity index (χ4v) is 4.22. The van der Waals surface area contributed by atoms with Crippen LogP contribution in [0.15, 0.2) is 48.5 Å². The Hall–Kier alpha value is -1.96. The van der Waals surface area contributed by atoms with Gasteiger partial charge >= 0.3 is 0 Å². The first-order valence-electron chi connectivity index (χ1n) is 8.35. The van der Waals surface area contributed by atoms with E-state index in [1.165, 1.54) is 30.4 Å². The van der Waals surface area contributed by atoms with Crippen LogP contribution in [0.3, 0.4) is 0 Å². The Kier molecular flexibility index (Phi) is 3.53. The number of fused-ring (bicyclic) bond motifs is 1. The zero-order valence-electron chi connectivity index (χ0n) is 12.7. The van der Waals surface area contributed by atoms with Gasteiger partial charge in [-0.25, -0.2) is 0 Å². The third-order valence-corrected chi connectivity index (χ3v) is 5.32. The van der Waals surface area contributed by atoms with Gasteiger partial charge in [0.1, 0.15) is 17.6 Å². The van der Waals surface area contributed by atoms with E-state index in [9.17, 15) is 5.11 Å². The average molecular weight is 294 g/mol. The molecule has 2 aliphatic rings. The fourth-order valence-electron chi connectivity index (χ4n) is 4.22. The van der Waals surface area contributed by atoms with E-state index in [0.29, 0.717) is 23.7 Å². The van der Waals surface area contributed by atoms with Gasteiger partial charge in [0.15, 0.2) is 0 Å². The smallest absolute Gasteiger partial charge is 0.122 e. The molecule has 0 spiro atoms. The number of ether oxygens (including phenoxy) is 1. The topological polar surface area (TPSA) is 29.5 Å². The molecule has 1 heterocycles. The lowest BCUT2D eigenvalue weighted by molar-refractivity contribution is 0.104. The second-order valence-corrected chi connectivity index (χ2v) is 6.60. The summed E-state index contributed by atoms with van der Waals surface area (Å²) in [5.41, 5.74) is 2.70. The number of aromatic hydroxyl groups is 1. The normalized spacial score (nSPS) is 27.2. The van der Waals surface area contributed by atoms with Gasteiger partial charge in [-0.3, -0.25) is 0 Å². The quantitative estimate of drug-likeness (QED) is 0.872. The lowest BCUT2D eigenvalue weighted by atomic mass is 9.82. The maximum atomic E-state index is 9.50. The molecule has 0 aromatic heterocycles. The van der Waals surface area contributed by atoms with Crippen molar-refractivity contribution in [3.05, 3.63) is 59.7 Å². The molecular weight excluding hydrogens is 272 g/mol. The number of phenolic OH excluding ortho intramolecular Hbond substituents is 1. The average Bonchev–Trinajstić information content (AvgIpc) is 3.05. The van der Waals surface area contributed by atoms with Crippen LogP contribution in [-0.2, 0) is 6.42 Å². The van der Waals surface area contributed by atoms with E-state index in [1.807, 2.05) is 12.1 Å². The maximum absolute atomic E-state index is 9.50. The largest absolute Gasteiger partial charge is 0.508 e. The van der Waals surface area contributed by atoms with Crippen molar-refractivity contribution in [2.75, 3.05) is 0 Å². The summed E-state index contributed by atoms with van der Waals surface area (Å²) < 4.78 is 6.34. The van der Waals surface area contributed by atoms with Crippen LogP contribution in [0.4, 0.5) is 0 Å². The van der Waals surface area contributed by atoms with Gasteiger partial charge in [-0.05, 0) is 60.9 Å². The predicted molar refractivity (Wildman–Crippen MR) is 87.4 cm³/mol. The van der Waals surface area contributed by atoms with Crippen LogP contribution in [0.2, 0.25) is 0 Å². The molecule has 2 nitrogen and oxygen atoms in total. The van der Waals surface area contributed by atoms with Gasteiger partial charge in [-0.15, -0.1) is 0 Å². The molecular formula is C20H22O2. The van der Waals surface area contributed by atoms with Gasteiger partial charge in [0.05, 0.1) is 0 Å². The number of benzene rings is 2. The van der Waals surface area contributed by atoms with Crippen molar-refractivity contribution in [3.63, 3.8) is 0 Å². The number of hydrogen-bond acceptors (Lipinski definition) is 2. The summed E-state index contributed by atoms with van der Waals surface area (Å²) in [7, 11) is 0. The van der Waals surface area contributed by atoms with Gasteiger partial charge in [0, 0.05) is 5.92 Å². The van der Waals surface area contributed by atoms with E-state index in [0.717, 1.165) is 18.6 Å². The van der Waals surface area contributed by atoms with E-state index in [2.05, 4.69) is 36.4 Å². The Bertz CT molecular complexity index is 647. The van der Waals surface area contributed by atoms with E-state index in [4.69, 9.17) is 4.74 Å². The minimum Gasteiger partial charge on any atom is -0.508 e. The fraction of sp³-hybridized carbons (Fsp3) is 0.400. The van der Waals surface area contributed by atoms with Crippen molar-refractivity contribution in [2.45, 2.75) is 44.1 Å². The number of aryl methyl sites for hydroxylation is 1. The number of rotatable bonds is 2. The number of phenols is 1. The standard InChI is InChI=1S/C20H22O2/c21-16-11-8-14(9-12-16)17-5-3-6-18(17)20-13-10-15-4-1-2-7-19(15)22-20/h1-2,4,7-9,11-12,17-18,20-21H,3,5-6,10,13H2/t17?,18?,20-/m0/s1. The van der Waals surface area contributed by atoms with Crippen LogP contribution in [-0.4, -0.2) is 11.2 Å². The molecule has 1 saturated carbocycles. The Morgan fingerprint density at radius 1 is 0.909 bits per heavy atom. The summed E-state index contributed by atoms with van der Waals surface area (Å²) in [5, 5.41) is 9.50. The Balaban J connectivity index is 1.56. The van der Waals surface area contributed by atoms with E-state index in [1.54, 1.807) is 0 Å². The highest BCUT2D eigenvalue weighted by Crippen LogP contribution is 2.45. The molecule has 0 radical (unpaired) electrons. The minimum absolute atomic E-state index is 0.330. The molecule has 1 aliphatic heterocycles. The van der Waals surface area contributed by atoms with Crippen molar-refractivity contribution < 1.29 is 9.84 Å². The van der Waals surface area contributed by atoms with Gasteiger partial charge in [0.25, 0.3) is 0 Å². The summed E-state index contributed by atoms with van der Waals surface area (Å²) >= 11 is 0. The van der Waals surface area contributed by atoms with Gasteiger partial charge in [-0.1, -0.05) is 36.8 Å². The van der Waals surface area contributed by atoms with Crippen LogP contribution >= 0.6 is 0 Å². The predicted octanol–water partition coefficient (Wildman–Crippen LogP) is 4.67. The molecule has 4 rings (SSSR count). The molecule has 1 N–H and O–H groups in total. The maximum Gasteiger partial charge on any atom is 0.122 e. The van der Waals surface area contributed by atoms with Crippen LogP contribution in [0.1, 0.15) is 42.7 Å². The van der Waals surface area contributed by atoms with Crippen molar-refractivity contribution in [2.24, 2.45) is 5.92 Å². The van der Waals surface area contributed by atoms with Crippen LogP contribution in [0, 0.1) is 5.92 Å². The Labute approximate surface area is 131 Å². The third-order valence-electron chi connectivity index (χ3n) is 5.32. The van der Waals surface area contributed by atoms with Crippen molar-refractivity contribution in [1.29, 1.82) is 0 Å². The second-order valence-electron chi connectivity index (χ2n) is 6.60. The zero-order valence-corrected chi connectivity index (χ0v) is 12.7. The van der Waals surface area contributed by atoms with Crippen molar-refractivity contribution >= 4 is 0 Å². The lowest BCUT2D eigenvalue weighted by Crippen LogP contribution is -2.32. The molecule has 2 heteroatoms. The molecule has 1 fully saturated rings. The van der Waals surface area contributed by atoms with Gasteiger partial charge in [-0.2, -0.15) is 0 Å². The van der Waals surface area contributed by atoms with E-state index < -0.39 is 0 Å². The Morgan fingerprint density at radius 3 is 2.59 bits per heavy atom. The number of hydrogen-bond donors (Lipinski definition) is 1. The van der Waals surface area contributed by atoms with Gasteiger partial charge < -0.3 is 9.84 Å². The summed E-state index contributed by atoms with van der Waals surface area (Å²) in [6.07, 6.45) is 6.33. The number of para-hydroxylation sites is 1. The molecule has 2 aromatic carbocycles.